The van der Waals surface area contributed by atoms with Crippen LogP contribution >= 0.6 is 11.2 Å². The van der Waals surface area contributed by atoms with Crippen LogP contribution in [0.3, 0.4) is 0 Å². The van der Waals surface area contributed by atoms with E-state index >= 15 is 0 Å². The molecule has 0 atom stereocenters. The fourth-order valence-corrected chi connectivity index (χ4v) is 2.82. The van der Waals surface area contributed by atoms with Crippen molar-refractivity contribution in [3.8, 4) is 0 Å². The summed E-state index contributed by atoms with van der Waals surface area (Å²) >= 11 is 1.90. The smallest absolute Gasteiger partial charge is 0.0350 e. The molecule has 0 saturated carbocycles. The molecule has 1 aromatic heterocycles. The highest BCUT2D eigenvalue weighted by Gasteiger charge is 2.04. The highest BCUT2D eigenvalue weighted by atomic mass is 32.1. The van der Waals surface area contributed by atoms with Crippen molar-refractivity contribution in [1.29, 1.82) is 0 Å². The van der Waals surface area contributed by atoms with Crippen LogP contribution in [0.1, 0.15) is 27.7 Å². The first-order valence-electron chi connectivity index (χ1n) is 4.56. The lowest BCUT2D eigenvalue weighted by molar-refractivity contribution is 0.642. The third-order valence-electron chi connectivity index (χ3n) is 2.06. The molecule has 1 rings (SSSR count). The van der Waals surface area contributed by atoms with Crippen molar-refractivity contribution >= 4 is 16.9 Å². The van der Waals surface area contributed by atoms with Gasteiger partial charge in [-0.25, -0.2) is 5.96 Å². The van der Waals surface area contributed by atoms with Gasteiger partial charge in [-0.2, -0.15) is 0 Å². The van der Waals surface area contributed by atoms with Crippen molar-refractivity contribution in [3.63, 3.8) is 0 Å². The Hall–Kier alpha value is -0.305. The van der Waals surface area contributed by atoms with Gasteiger partial charge in [-0.05, 0) is 39.8 Å². The van der Waals surface area contributed by atoms with Crippen LogP contribution in [-0.4, -0.2) is 17.8 Å². The van der Waals surface area contributed by atoms with Gasteiger partial charge in [0.05, 0.1) is 0 Å². The highest BCUT2D eigenvalue weighted by molar-refractivity contribution is 7.41. The first-order valence-corrected chi connectivity index (χ1v) is 5.50. The van der Waals surface area contributed by atoms with E-state index in [0.29, 0.717) is 17.8 Å². The predicted octanol–water partition coefficient (Wildman–Crippen LogP) is 2.53. The third kappa shape index (κ3) is 2.10. The van der Waals surface area contributed by atoms with E-state index in [0.717, 1.165) is 0 Å². The second-order valence-corrected chi connectivity index (χ2v) is 4.71. The molecule has 0 aliphatic carbocycles. The molecular weight excluding hydrogens is 165 g/mol. The molecule has 0 unspecified atom stereocenters. The number of nitrogens with zero attached hydrogens (tertiary/aromatic N) is 1. The standard InChI is InChI=1S/C9H17BNS/c1-8(2)11(9(3)4)10-6-5-7-12-10/h5-9H,1-4H3/q-1. The van der Waals surface area contributed by atoms with Crippen molar-refractivity contribution < 1.29 is 0 Å². The molecule has 0 N–H and O–H groups in total. The lowest BCUT2D eigenvalue weighted by Crippen LogP contribution is -2.45. The van der Waals surface area contributed by atoms with Crippen LogP contribution in [0.2, 0.25) is 0 Å². The number of rotatable bonds is 3. The molecule has 3 heteroatoms. The van der Waals surface area contributed by atoms with Crippen LogP contribution < -0.4 is 4.81 Å². The topological polar surface area (TPSA) is 3.24 Å². The summed E-state index contributed by atoms with van der Waals surface area (Å²) in [7, 11) is 0. The largest absolute Gasteiger partial charge is 0.569 e. The summed E-state index contributed by atoms with van der Waals surface area (Å²) < 4.78 is 0. The summed E-state index contributed by atoms with van der Waals surface area (Å²) in [5.41, 5.74) is 0.560. The molecular formula is C9H17BNS-. The maximum absolute atomic E-state index is 2.52. The van der Waals surface area contributed by atoms with Gasteiger partial charge < -0.3 is 16.0 Å². The zero-order valence-corrected chi connectivity index (χ0v) is 9.14. The van der Waals surface area contributed by atoms with Crippen LogP contribution in [0.5, 0.6) is 0 Å². The van der Waals surface area contributed by atoms with E-state index in [4.69, 9.17) is 0 Å². The maximum Gasteiger partial charge on any atom is 0.0350 e. The minimum Gasteiger partial charge on any atom is -0.569 e. The summed E-state index contributed by atoms with van der Waals surface area (Å²) in [6.07, 6.45) is 0. The lowest BCUT2D eigenvalue weighted by Gasteiger charge is -2.42. The van der Waals surface area contributed by atoms with Gasteiger partial charge >= 0.3 is 0 Å². The Balaban J connectivity index is 2.81. The second kappa shape index (κ2) is 4.08. The van der Waals surface area contributed by atoms with Crippen molar-refractivity contribution in [3.05, 3.63) is 17.4 Å². The molecule has 0 bridgehead atoms. The minimum absolute atomic E-state index is 0.560. The van der Waals surface area contributed by atoms with Crippen molar-refractivity contribution in [2.75, 3.05) is 4.81 Å². The second-order valence-electron chi connectivity index (χ2n) is 3.68. The quantitative estimate of drug-likeness (QED) is 0.694. The molecule has 1 heterocycles. The lowest BCUT2D eigenvalue weighted by atomic mass is 9.95. The van der Waals surface area contributed by atoms with Gasteiger partial charge in [0.25, 0.3) is 0 Å². The SMILES string of the molecule is CC(C)N([b-]1cccs1)C(C)C. The molecule has 12 heavy (non-hydrogen) atoms. The Morgan fingerprint density at radius 1 is 1.17 bits per heavy atom. The Labute approximate surface area is 79.4 Å². The first kappa shape index (κ1) is 9.78. The predicted molar refractivity (Wildman–Crippen MR) is 58.8 cm³/mol. The summed E-state index contributed by atoms with van der Waals surface area (Å²) in [4.78, 5) is 2.52. The zero-order valence-electron chi connectivity index (χ0n) is 8.32. The molecule has 68 valence electrons. The minimum atomic E-state index is 0.560. The average molecular weight is 182 g/mol. The van der Waals surface area contributed by atoms with Gasteiger partial charge in [-0.3, -0.25) is 0 Å². The average Bonchev–Trinajstić information content (AvgIpc) is 2.37. The monoisotopic (exact) mass is 182 g/mol. The summed E-state index contributed by atoms with van der Waals surface area (Å²) in [5, 5.41) is 2.17. The van der Waals surface area contributed by atoms with Crippen molar-refractivity contribution in [2.45, 2.75) is 39.8 Å². The Bertz CT molecular complexity index is 210. The fraction of sp³-hybridized carbons (Fsp3) is 0.667. The van der Waals surface area contributed by atoms with Crippen LogP contribution in [0.25, 0.3) is 0 Å². The molecule has 0 spiro atoms. The van der Waals surface area contributed by atoms with Crippen LogP contribution in [0.15, 0.2) is 17.4 Å². The van der Waals surface area contributed by atoms with Gasteiger partial charge in [0, 0.05) is 5.74 Å². The van der Waals surface area contributed by atoms with E-state index < -0.39 is 0 Å². The Kier molecular flexibility index (Phi) is 3.33. The van der Waals surface area contributed by atoms with Gasteiger partial charge in [0.2, 0.25) is 0 Å². The van der Waals surface area contributed by atoms with E-state index in [1.165, 1.54) is 0 Å². The zero-order chi connectivity index (χ0) is 9.14. The molecule has 0 amide bonds. The van der Waals surface area contributed by atoms with E-state index in [9.17, 15) is 0 Å². The molecule has 1 aromatic rings. The molecule has 0 aliphatic rings. The summed E-state index contributed by atoms with van der Waals surface area (Å²) in [6, 6.07) is 3.39. The normalized spacial score (nSPS) is 11.2. The molecule has 0 aliphatic heterocycles. The summed E-state index contributed by atoms with van der Waals surface area (Å²) in [6.45, 7) is 9.03. The molecule has 0 fully saturated rings. The third-order valence-corrected chi connectivity index (χ3v) is 3.05. The van der Waals surface area contributed by atoms with E-state index in [-0.39, 0.29) is 0 Å². The maximum atomic E-state index is 2.52. The Morgan fingerprint density at radius 2 is 1.75 bits per heavy atom. The van der Waals surface area contributed by atoms with Gasteiger partial charge in [-0.1, -0.05) is 11.4 Å². The molecule has 1 nitrogen and oxygen atoms in total. The van der Waals surface area contributed by atoms with Crippen molar-refractivity contribution in [2.24, 2.45) is 0 Å². The molecule has 0 radical (unpaired) electrons. The molecule has 0 saturated heterocycles. The fourth-order valence-electron chi connectivity index (χ4n) is 1.67. The molecule has 0 aromatic carbocycles. The highest BCUT2D eigenvalue weighted by Crippen LogP contribution is 2.07. The first-order chi connectivity index (χ1) is 5.63. The number of hydrogen-bond acceptors (Lipinski definition) is 2. The van der Waals surface area contributed by atoms with E-state index in [1.54, 1.807) is 0 Å². The van der Waals surface area contributed by atoms with Crippen LogP contribution in [0.4, 0.5) is 0 Å². The van der Waals surface area contributed by atoms with E-state index in [1.807, 2.05) is 11.2 Å². The van der Waals surface area contributed by atoms with Crippen LogP contribution in [-0.2, 0) is 0 Å². The van der Waals surface area contributed by atoms with Gasteiger partial charge in [0.1, 0.15) is 0 Å². The van der Waals surface area contributed by atoms with E-state index in [2.05, 4.69) is 49.9 Å². The number of hydrogen-bond donors (Lipinski definition) is 0. The summed E-state index contributed by atoms with van der Waals surface area (Å²) in [5.74, 6) is 2.27. The Morgan fingerprint density at radius 3 is 2.08 bits per heavy atom. The van der Waals surface area contributed by atoms with Gasteiger partial charge in [0.15, 0.2) is 0 Å². The van der Waals surface area contributed by atoms with Gasteiger partial charge in [-0.15, -0.1) is 0 Å². The van der Waals surface area contributed by atoms with Crippen LogP contribution in [0, 0.1) is 0 Å². The van der Waals surface area contributed by atoms with Crippen molar-refractivity contribution in [1.82, 2.24) is 0 Å².